The van der Waals surface area contributed by atoms with Crippen LogP contribution in [0.5, 0.6) is 5.75 Å². The highest BCUT2D eigenvalue weighted by atomic mass is 35.5. The van der Waals surface area contributed by atoms with Crippen LogP contribution >= 0.6 is 11.6 Å². The molecule has 0 unspecified atom stereocenters. The van der Waals surface area contributed by atoms with Gasteiger partial charge in [0.2, 0.25) is 0 Å². The second-order valence-corrected chi connectivity index (χ2v) is 6.69. The molecule has 0 aliphatic heterocycles. The minimum absolute atomic E-state index is 0.116. The van der Waals surface area contributed by atoms with Gasteiger partial charge in [-0.25, -0.2) is 0 Å². The Morgan fingerprint density at radius 3 is 2.33 bits per heavy atom. The number of amides is 1. The third-order valence-electron chi connectivity index (χ3n) is 4.21. The Balaban J connectivity index is 1.51. The van der Waals surface area contributed by atoms with Crippen molar-refractivity contribution in [2.75, 3.05) is 6.54 Å². The van der Waals surface area contributed by atoms with E-state index < -0.39 is 0 Å². The first-order valence-corrected chi connectivity index (χ1v) is 9.38. The fourth-order valence-electron chi connectivity index (χ4n) is 2.76. The molecule has 1 amide bonds. The lowest BCUT2D eigenvalue weighted by Crippen LogP contribution is -2.25. The van der Waals surface area contributed by atoms with E-state index in [-0.39, 0.29) is 5.91 Å². The van der Waals surface area contributed by atoms with E-state index in [0.29, 0.717) is 24.5 Å². The Morgan fingerprint density at radius 2 is 1.56 bits per heavy atom. The maximum absolute atomic E-state index is 12.5. The standard InChI is InChI=1S/C23H22ClNO2/c24-20-14-12-18(13-15-20)9-6-16-25-23(26)21-10-4-5-11-22(21)27-17-19-7-2-1-3-8-19/h1-5,7-8,10-15H,6,9,16-17H2,(H,25,26). The van der Waals surface area contributed by atoms with Crippen molar-refractivity contribution in [3.63, 3.8) is 0 Å². The molecule has 0 fully saturated rings. The summed E-state index contributed by atoms with van der Waals surface area (Å²) < 4.78 is 5.86. The molecule has 0 aliphatic rings. The highest BCUT2D eigenvalue weighted by Gasteiger charge is 2.11. The molecule has 0 aliphatic carbocycles. The average Bonchev–Trinajstić information content (AvgIpc) is 2.72. The van der Waals surface area contributed by atoms with Gasteiger partial charge in [-0.3, -0.25) is 4.79 Å². The number of para-hydroxylation sites is 1. The molecule has 3 rings (SSSR count). The molecule has 0 atom stereocenters. The van der Waals surface area contributed by atoms with Crippen LogP contribution in [0.4, 0.5) is 0 Å². The summed E-state index contributed by atoms with van der Waals surface area (Å²) >= 11 is 5.89. The van der Waals surface area contributed by atoms with Crippen LogP contribution in [0, 0.1) is 0 Å². The van der Waals surface area contributed by atoms with Crippen LogP contribution in [0.1, 0.15) is 27.9 Å². The van der Waals surface area contributed by atoms with Crippen molar-refractivity contribution in [1.29, 1.82) is 0 Å². The van der Waals surface area contributed by atoms with E-state index in [0.717, 1.165) is 23.4 Å². The summed E-state index contributed by atoms with van der Waals surface area (Å²) in [6.45, 7) is 1.04. The normalized spacial score (nSPS) is 10.4. The summed E-state index contributed by atoms with van der Waals surface area (Å²) in [5.41, 5.74) is 2.83. The molecule has 4 heteroatoms. The number of carbonyl (C=O) groups is 1. The minimum Gasteiger partial charge on any atom is -0.488 e. The molecule has 3 nitrogen and oxygen atoms in total. The van der Waals surface area contributed by atoms with Crippen LogP contribution in [0.25, 0.3) is 0 Å². The van der Waals surface area contributed by atoms with Crippen LogP contribution in [0.15, 0.2) is 78.9 Å². The lowest BCUT2D eigenvalue weighted by molar-refractivity contribution is 0.0948. The molecular formula is C23H22ClNO2. The maximum atomic E-state index is 12.5. The van der Waals surface area contributed by atoms with Gasteiger partial charge in [0, 0.05) is 11.6 Å². The van der Waals surface area contributed by atoms with Crippen LogP contribution in [0.3, 0.4) is 0 Å². The molecule has 0 heterocycles. The largest absolute Gasteiger partial charge is 0.488 e. The number of halogens is 1. The van der Waals surface area contributed by atoms with Crippen molar-refractivity contribution in [1.82, 2.24) is 5.32 Å². The topological polar surface area (TPSA) is 38.3 Å². The zero-order valence-electron chi connectivity index (χ0n) is 15.0. The van der Waals surface area contributed by atoms with Gasteiger partial charge in [0.25, 0.3) is 5.91 Å². The van der Waals surface area contributed by atoms with Crippen LogP contribution < -0.4 is 10.1 Å². The summed E-state index contributed by atoms with van der Waals surface area (Å²) in [4.78, 5) is 12.5. The van der Waals surface area contributed by atoms with Crippen molar-refractivity contribution >= 4 is 17.5 Å². The second kappa shape index (κ2) is 9.79. The van der Waals surface area contributed by atoms with Crippen molar-refractivity contribution in [3.8, 4) is 5.75 Å². The van der Waals surface area contributed by atoms with Crippen LogP contribution in [0.2, 0.25) is 5.02 Å². The molecule has 138 valence electrons. The summed E-state index contributed by atoms with van der Waals surface area (Å²) in [5.74, 6) is 0.478. The molecule has 0 aromatic heterocycles. The summed E-state index contributed by atoms with van der Waals surface area (Å²) in [5, 5.41) is 3.71. The number of carbonyl (C=O) groups excluding carboxylic acids is 1. The Bertz CT molecular complexity index is 863. The molecule has 3 aromatic carbocycles. The van der Waals surface area contributed by atoms with E-state index in [1.807, 2.05) is 72.8 Å². The Hall–Kier alpha value is -2.78. The number of benzene rings is 3. The van der Waals surface area contributed by atoms with E-state index >= 15 is 0 Å². The number of nitrogens with one attached hydrogen (secondary N) is 1. The maximum Gasteiger partial charge on any atom is 0.255 e. The average molecular weight is 380 g/mol. The van der Waals surface area contributed by atoms with Gasteiger partial charge in [0.1, 0.15) is 12.4 Å². The zero-order chi connectivity index (χ0) is 18.9. The quantitative estimate of drug-likeness (QED) is 0.540. The summed E-state index contributed by atoms with van der Waals surface area (Å²) in [7, 11) is 0. The number of hydrogen-bond donors (Lipinski definition) is 1. The fraction of sp³-hybridized carbons (Fsp3) is 0.174. The van der Waals surface area contributed by atoms with Crippen molar-refractivity contribution in [2.24, 2.45) is 0 Å². The highest BCUT2D eigenvalue weighted by Crippen LogP contribution is 2.19. The SMILES string of the molecule is O=C(NCCCc1ccc(Cl)cc1)c1ccccc1OCc1ccccc1. The zero-order valence-corrected chi connectivity index (χ0v) is 15.8. The second-order valence-electron chi connectivity index (χ2n) is 6.26. The molecule has 0 saturated heterocycles. The predicted octanol–water partition coefficient (Wildman–Crippen LogP) is 5.28. The van der Waals surface area contributed by atoms with Gasteiger partial charge in [-0.15, -0.1) is 0 Å². The molecule has 0 radical (unpaired) electrons. The number of ether oxygens (including phenoxy) is 1. The van der Waals surface area contributed by atoms with E-state index in [9.17, 15) is 4.79 Å². The van der Waals surface area contributed by atoms with E-state index in [1.54, 1.807) is 6.07 Å². The van der Waals surface area contributed by atoms with Crippen molar-refractivity contribution < 1.29 is 9.53 Å². The van der Waals surface area contributed by atoms with Gasteiger partial charge in [0.15, 0.2) is 0 Å². The molecule has 0 saturated carbocycles. The van der Waals surface area contributed by atoms with Gasteiger partial charge >= 0.3 is 0 Å². The van der Waals surface area contributed by atoms with Gasteiger partial charge in [-0.2, -0.15) is 0 Å². The Labute approximate surface area is 164 Å². The summed E-state index contributed by atoms with van der Waals surface area (Å²) in [6.07, 6.45) is 1.75. The van der Waals surface area contributed by atoms with E-state index in [1.165, 1.54) is 5.56 Å². The minimum atomic E-state index is -0.116. The Morgan fingerprint density at radius 1 is 0.852 bits per heavy atom. The smallest absolute Gasteiger partial charge is 0.255 e. The van der Waals surface area contributed by atoms with Crippen LogP contribution in [-0.2, 0) is 13.0 Å². The number of aryl methyl sites for hydroxylation is 1. The van der Waals surface area contributed by atoms with Gasteiger partial charge in [-0.1, -0.05) is 66.2 Å². The van der Waals surface area contributed by atoms with Gasteiger partial charge in [-0.05, 0) is 48.2 Å². The molecule has 0 spiro atoms. The molecule has 27 heavy (non-hydrogen) atoms. The summed E-state index contributed by atoms with van der Waals surface area (Å²) in [6, 6.07) is 25.0. The first-order chi connectivity index (χ1) is 13.2. The third kappa shape index (κ3) is 5.87. The fourth-order valence-corrected chi connectivity index (χ4v) is 2.88. The predicted molar refractivity (Wildman–Crippen MR) is 109 cm³/mol. The number of rotatable bonds is 8. The van der Waals surface area contributed by atoms with Crippen LogP contribution in [-0.4, -0.2) is 12.5 Å². The first kappa shape index (κ1) is 19.0. The first-order valence-electron chi connectivity index (χ1n) is 9.01. The van der Waals surface area contributed by atoms with Gasteiger partial charge in [0.05, 0.1) is 5.56 Å². The monoisotopic (exact) mass is 379 g/mol. The van der Waals surface area contributed by atoms with E-state index in [4.69, 9.17) is 16.3 Å². The van der Waals surface area contributed by atoms with Crippen molar-refractivity contribution in [2.45, 2.75) is 19.4 Å². The van der Waals surface area contributed by atoms with Gasteiger partial charge < -0.3 is 10.1 Å². The lowest BCUT2D eigenvalue weighted by atomic mass is 10.1. The molecule has 3 aromatic rings. The number of hydrogen-bond acceptors (Lipinski definition) is 2. The molecule has 0 bridgehead atoms. The van der Waals surface area contributed by atoms with E-state index in [2.05, 4.69) is 5.32 Å². The lowest BCUT2D eigenvalue weighted by Gasteiger charge is -2.12. The van der Waals surface area contributed by atoms with Crippen molar-refractivity contribution in [3.05, 3.63) is 101 Å². The highest BCUT2D eigenvalue weighted by molar-refractivity contribution is 6.30. The molecule has 1 N–H and O–H groups in total. The molecular weight excluding hydrogens is 358 g/mol. The third-order valence-corrected chi connectivity index (χ3v) is 4.46. The Kier molecular flexibility index (Phi) is 6.89.